The summed E-state index contributed by atoms with van der Waals surface area (Å²) in [5, 5.41) is 10.4. The molecule has 0 aliphatic carbocycles. The lowest BCUT2D eigenvalue weighted by atomic mass is 10.3. The minimum atomic E-state index is -0.687. The maximum absolute atomic E-state index is 12.0. The third-order valence-electron chi connectivity index (χ3n) is 3.95. The molecule has 0 saturated heterocycles. The molecule has 24 heavy (non-hydrogen) atoms. The largest absolute Gasteiger partial charge is 0.493 e. The number of rotatable bonds is 7. The Balaban J connectivity index is 2.31. The predicted molar refractivity (Wildman–Crippen MR) is 93.7 cm³/mol. The summed E-state index contributed by atoms with van der Waals surface area (Å²) in [4.78, 5) is 31.8. The van der Waals surface area contributed by atoms with Crippen molar-refractivity contribution in [1.29, 1.82) is 0 Å². The monoisotopic (exact) mass is 331 g/mol. The number of aliphatic imine (C=N–C) groups is 1. The molecule has 128 valence electrons. The number of H-pyrrole nitrogens is 1. The molecule has 1 aromatic heterocycles. The molecular weight excluding hydrogens is 308 g/mol. The maximum Gasteiger partial charge on any atom is 0.335 e. The highest BCUT2D eigenvalue weighted by atomic mass is 16.3. The number of aromatic amines is 1. The molecule has 1 aromatic carbocycles. The van der Waals surface area contributed by atoms with Crippen molar-refractivity contribution in [2.45, 2.75) is 13.8 Å². The van der Waals surface area contributed by atoms with E-state index >= 15 is 0 Å². The van der Waals surface area contributed by atoms with Crippen LogP contribution in [-0.4, -0.2) is 47.1 Å². The van der Waals surface area contributed by atoms with E-state index in [0.717, 1.165) is 24.2 Å². The van der Waals surface area contributed by atoms with Gasteiger partial charge in [-0.05, 0) is 26.0 Å². The van der Waals surface area contributed by atoms with E-state index < -0.39 is 17.1 Å². The SMILES string of the molecule is CC[NH+](CC)CCN=Cc1c(O)n(-c2ccccc2)c(=O)[nH]c1=O. The van der Waals surface area contributed by atoms with Gasteiger partial charge in [0.15, 0.2) is 0 Å². The number of aromatic nitrogens is 2. The molecule has 0 aliphatic heterocycles. The Morgan fingerprint density at radius 1 is 1.21 bits per heavy atom. The van der Waals surface area contributed by atoms with E-state index in [9.17, 15) is 14.7 Å². The number of hydrogen-bond acceptors (Lipinski definition) is 4. The van der Waals surface area contributed by atoms with Crippen molar-refractivity contribution in [3.8, 4) is 11.6 Å². The van der Waals surface area contributed by atoms with E-state index in [1.165, 1.54) is 11.1 Å². The summed E-state index contributed by atoms with van der Waals surface area (Å²) in [6, 6.07) is 8.63. The van der Waals surface area contributed by atoms with Crippen molar-refractivity contribution < 1.29 is 10.0 Å². The second-order valence-electron chi connectivity index (χ2n) is 5.41. The summed E-state index contributed by atoms with van der Waals surface area (Å²) in [6.45, 7) is 7.62. The van der Waals surface area contributed by atoms with E-state index in [4.69, 9.17) is 0 Å². The van der Waals surface area contributed by atoms with Crippen LogP contribution in [0.2, 0.25) is 0 Å². The zero-order valence-electron chi connectivity index (χ0n) is 14.0. The third kappa shape index (κ3) is 3.99. The molecule has 0 unspecified atom stereocenters. The molecule has 2 rings (SSSR count). The average molecular weight is 331 g/mol. The number of nitrogens with one attached hydrogen (secondary N) is 2. The molecule has 0 bridgehead atoms. The standard InChI is InChI=1S/C17H22N4O3/c1-3-20(4-2)11-10-18-12-14-15(22)19-17(24)21(16(14)23)13-8-6-5-7-9-13/h5-9,12,23H,3-4,10-11H2,1-2H3,(H,19,22,24)/p+1. The Kier molecular flexibility index (Phi) is 6.08. The van der Waals surface area contributed by atoms with Gasteiger partial charge in [0.25, 0.3) is 5.56 Å². The Bertz CT molecular complexity index is 805. The highest BCUT2D eigenvalue weighted by molar-refractivity contribution is 5.82. The van der Waals surface area contributed by atoms with Crippen LogP contribution in [0.5, 0.6) is 5.88 Å². The van der Waals surface area contributed by atoms with Crippen LogP contribution in [0.1, 0.15) is 19.4 Å². The van der Waals surface area contributed by atoms with E-state index in [2.05, 4.69) is 23.8 Å². The van der Waals surface area contributed by atoms with Gasteiger partial charge in [0.1, 0.15) is 5.56 Å². The van der Waals surface area contributed by atoms with Crippen LogP contribution in [0.25, 0.3) is 5.69 Å². The summed E-state index contributed by atoms with van der Waals surface area (Å²) in [6.07, 6.45) is 1.33. The lowest BCUT2D eigenvalue weighted by Gasteiger charge is -2.13. The van der Waals surface area contributed by atoms with Gasteiger partial charge < -0.3 is 10.0 Å². The Morgan fingerprint density at radius 2 is 1.88 bits per heavy atom. The quantitative estimate of drug-likeness (QED) is 0.602. The lowest BCUT2D eigenvalue weighted by Crippen LogP contribution is -3.11. The predicted octanol–water partition coefficient (Wildman–Crippen LogP) is -0.425. The molecule has 2 aromatic rings. The fourth-order valence-corrected chi connectivity index (χ4v) is 2.45. The topological polar surface area (TPSA) is 91.9 Å². The number of nitrogens with zero attached hydrogens (tertiary/aromatic N) is 2. The summed E-state index contributed by atoms with van der Waals surface area (Å²) < 4.78 is 1.05. The smallest absolute Gasteiger partial charge is 0.335 e. The molecule has 0 atom stereocenters. The molecule has 0 radical (unpaired) electrons. The van der Waals surface area contributed by atoms with E-state index in [0.29, 0.717) is 12.2 Å². The van der Waals surface area contributed by atoms with Crippen molar-refractivity contribution >= 4 is 6.21 Å². The highest BCUT2D eigenvalue weighted by Gasteiger charge is 2.13. The number of aromatic hydroxyl groups is 1. The van der Waals surface area contributed by atoms with Gasteiger partial charge in [-0.1, -0.05) is 18.2 Å². The number of hydrogen-bond donors (Lipinski definition) is 3. The van der Waals surface area contributed by atoms with Gasteiger partial charge in [0.2, 0.25) is 5.88 Å². The summed E-state index contributed by atoms with van der Waals surface area (Å²) in [7, 11) is 0. The summed E-state index contributed by atoms with van der Waals surface area (Å²) in [5.41, 5.74) is -0.886. The lowest BCUT2D eigenvalue weighted by molar-refractivity contribution is -0.894. The van der Waals surface area contributed by atoms with Crippen LogP contribution in [-0.2, 0) is 0 Å². The fourth-order valence-electron chi connectivity index (χ4n) is 2.45. The van der Waals surface area contributed by atoms with Crippen LogP contribution < -0.4 is 16.1 Å². The zero-order chi connectivity index (χ0) is 17.5. The van der Waals surface area contributed by atoms with Crippen molar-refractivity contribution in [3.05, 3.63) is 56.7 Å². The molecule has 7 heteroatoms. The van der Waals surface area contributed by atoms with Crippen LogP contribution in [0.3, 0.4) is 0 Å². The Hall–Kier alpha value is -2.67. The first-order valence-corrected chi connectivity index (χ1v) is 8.05. The van der Waals surface area contributed by atoms with Gasteiger partial charge in [-0.15, -0.1) is 0 Å². The Labute approximate surface area is 139 Å². The van der Waals surface area contributed by atoms with Gasteiger partial charge in [-0.25, -0.2) is 9.36 Å². The molecule has 0 spiro atoms. The minimum absolute atomic E-state index is 0.0204. The molecule has 0 saturated carbocycles. The number of quaternary nitrogens is 1. The van der Waals surface area contributed by atoms with Gasteiger partial charge in [0, 0.05) is 6.21 Å². The van der Waals surface area contributed by atoms with E-state index in [-0.39, 0.29) is 5.56 Å². The van der Waals surface area contributed by atoms with Crippen molar-refractivity contribution in [2.75, 3.05) is 26.2 Å². The van der Waals surface area contributed by atoms with Gasteiger partial charge in [0.05, 0.1) is 31.9 Å². The number of likely N-dealkylation sites (N-methyl/N-ethyl adjacent to an activating group) is 1. The zero-order valence-corrected chi connectivity index (χ0v) is 14.0. The minimum Gasteiger partial charge on any atom is -0.493 e. The molecular formula is C17H23N4O3+. The first-order valence-electron chi connectivity index (χ1n) is 8.05. The first-order chi connectivity index (χ1) is 11.6. The molecule has 0 fully saturated rings. The van der Waals surface area contributed by atoms with Crippen LogP contribution in [0.15, 0.2) is 44.9 Å². The maximum atomic E-state index is 12.0. The first kappa shape index (κ1) is 17.7. The average Bonchev–Trinajstić information content (AvgIpc) is 2.58. The molecule has 3 N–H and O–H groups in total. The molecule has 0 aliphatic rings. The van der Waals surface area contributed by atoms with Gasteiger partial charge in [-0.2, -0.15) is 0 Å². The highest BCUT2D eigenvalue weighted by Crippen LogP contribution is 2.14. The normalized spacial score (nSPS) is 11.5. The van der Waals surface area contributed by atoms with Crippen molar-refractivity contribution in [1.82, 2.24) is 9.55 Å². The van der Waals surface area contributed by atoms with Crippen LogP contribution >= 0.6 is 0 Å². The van der Waals surface area contributed by atoms with Gasteiger partial charge >= 0.3 is 5.69 Å². The molecule has 1 heterocycles. The summed E-state index contributed by atoms with van der Waals surface area (Å²) >= 11 is 0. The Morgan fingerprint density at radius 3 is 2.50 bits per heavy atom. The second kappa shape index (κ2) is 8.26. The van der Waals surface area contributed by atoms with Crippen LogP contribution in [0.4, 0.5) is 0 Å². The van der Waals surface area contributed by atoms with Crippen molar-refractivity contribution in [3.63, 3.8) is 0 Å². The molecule has 0 amide bonds. The number of benzene rings is 1. The van der Waals surface area contributed by atoms with Gasteiger partial charge in [-0.3, -0.25) is 14.8 Å². The van der Waals surface area contributed by atoms with Crippen molar-refractivity contribution in [2.24, 2.45) is 4.99 Å². The third-order valence-corrected chi connectivity index (χ3v) is 3.95. The fraction of sp³-hybridized carbons (Fsp3) is 0.353. The summed E-state index contributed by atoms with van der Waals surface area (Å²) in [5.74, 6) is -0.408. The number of para-hydroxylation sites is 1. The van der Waals surface area contributed by atoms with E-state index in [1.54, 1.807) is 30.3 Å². The second-order valence-corrected chi connectivity index (χ2v) is 5.41. The van der Waals surface area contributed by atoms with E-state index in [1.807, 2.05) is 0 Å². The van der Waals surface area contributed by atoms with Crippen LogP contribution in [0, 0.1) is 0 Å². The molecule has 7 nitrogen and oxygen atoms in total.